The lowest BCUT2D eigenvalue weighted by molar-refractivity contribution is 0.0667. The zero-order chi connectivity index (χ0) is 12.4. The SMILES string of the molecule is CC/C=C/C(C)[Si](OCC)(OCC)OCC. The highest BCUT2D eigenvalue weighted by molar-refractivity contribution is 6.62. The first-order chi connectivity index (χ1) is 7.66. The van der Waals surface area contributed by atoms with Gasteiger partial charge >= 0.3 is 8.80 Å². The summed E-state index contributed by atoms with van der Waals surface area (Å²) in [5.41, 5.74) is 0.215. The van der Waals surface area contributed by atoms with E-state index in [0.717, 1.165) is 6.42 Å². The molecule has 1 atom stereocenters. The van der Waals surface area contributed by atoms with Crippen molar-refractivity contribution in [3.63, 3.8) is 0 Å². The smallest absolute Gasteiger partial charge is 0.373 e. The van der Waals surface area contributed by atoms with Crippen LogP contribution >= 0.6 is 0 Å². The van der Waals surface area contributed by atoms with E-state index in [1.165, 1.54) is 0 Å². The van der Waals surface area contributed by atoms with Gasteiger partial charge in [-0.25, -0.2) is 0 Å². The fourth-order valence-electron chi connectivity index (χ4n) is 1.58. The molecule has 0 N–H and O–H groups in total. The molecule has 0 spiro atoms. The van der Waals surface area contributed by atoms with Gasteiger partial charge in [-0.15, -0.1) is 0 Å². The molecule has 0 bridgehead atoms. The minimum Gasteiger partial charge on any atom is -0.373 e. The molecule has 0 fully saturated rings. The maximum absolute atomic E-state index is 5.81. The van der Waals surface area contributed by atoms with E-state index in [4.69, 9.17) is 13.3 Å². The van der Waals surface area contributed by atoms with Crippen LogP contribution in [-0.2, 0) is 13.3 Å². The van der Waals surface area contributed by atoms with E-state index in [2.05, 4.69) is 26.0 Å². The summed E-state index contributed by atoms with van der Waals surface area (Å²) in [6.07, 6.45) is 5.32. The van der Waals surface area contributed by atoms with Gasteiger partial charge in [-0.2, -0.15) is 0 Å². The first-order valence-electron chi connectivity index (χ1n) is 6.25. The van der Waals surface area contributed by atoms with Crippen molar-refractivity contribution < 1.29 is 13.3 Å². The summed E-state index contributed by atoms with van der Waals surface area (Å²) in [6.45, 7) is 12.1. The molecule has 0 aromatic heterocycles. The van der Waals surface area contributed by atoms with E-state index in [9.17, 15) is 0 Å². The average Bonchev–Trinajstić information content (AvgIpc) is 2.26. The molecule has 0 saturated heterocycles. The standard InChI is InChI=1S/C12H26O3Si/c1-6-10-11-12(5)16(13-7-2,14-8-3)15-9-4/h10-12H,6-9H2,1-5H3/b11-10+. The van der Waals surface area contributed by atoms with Gasteiger partial charge < -0.3 is 13.3 Å². The van der Waals surface area contributed by atoms with Crippen molar-refractivity contribution in [3.8, 4) is 0 Å². The largest absolute Gasteiger partial charge is 0.507 e. The van der Waals surface area contributed by atoms with Crippen molar-refractivity contribution in [1.82, 2.24) is 0 Å². The highest BCUT2D eigenvalue weighted by Crippen LogP contribution is 2.27. The topological polar surface area (TPSA) is 27.7 Å². The molecule has 0 aliphatic carbocycles. The van der Waals surface area contributed by atoms with Crippen LogP contribution in [0.2, 0.25) is 5.54 Å². The normalized spacial score (nSPS) is 14.6. The second-order valence-electron chi connectivity index (χ2n) is 3.53. The van der Waals surface area contributed by atoms with Crippen molar-refractivity contribution in [3.05, 3.63) is 12.2 Å². The third-order valence-corrected chi connectivity index (χ3v) is 5.64. The maximum atomic E-state index is 5.81. The van der Waals surface area contributed by atoms with E-state index < -0.39 is 8.80 Å². The molecule has 0 aliphatic rings. The van der Waals surface area contributed by atoms with Gasteiger partial charge in [0, 0.05) is 25.4 Å². The summed E-state index contributed by atoms with van der Waals surface area (Å²) in [7, 11) is -2.52. The molecule has 0 aromatic rings. The lowest BCUT2D eigenvalue weighted by Crippen LogP contribution is -2.49. The van der Waals surface area contributed by atoms with Crippen LogP contribution in [0.5, 0.6) is 0 Å². The van der Waals surface area contributed by atoms with Crippen LogP contribution < -0.4 is 0 Å². The first kappa shape index (κ1) is 15.8. The van der Waals surface area contributed by atoms with E-state index >= 15 is 0 Å². The molecule has 0 heterocycles. The zero-order valence-corrected chi connectivity index (χ0v) is 12.3. The molecule has 0 rings (SSSR count). The van der Waals surface area contributed by atoms with Crippen LogP contribution in [0, 0.1) is 0 Å². The molecule has 0 saturated carbocycles. The van der Waals surface area contributed by atoms with Gasteiger partial charge in [0.15, 0.2) is 0 Å². The molecule has 0 amide bonds. The summed E-state index contributed by atoms with van der Waals surface area (Å²) in [6, 6.07) is 0. The van der Waals surface area contributed by atoms with Gasteiger partial charge in [-0.05, 0) is 27.2 Å². The predicted molar refractivity (Wildman–Crippen MR) is 69.5 cm³/mol. The molecular weight excluding hydrogens is 220 g/mol. The fourth-order valence-corrected chi connectivity index (χ4v) is 4.20. The second-order valence-corrected chi connectivity index (χ2v) is 6.51. The number of rotatable bonds is 9. The molecule has 16 heavy (non-hydrogen) atoms. The minimum atomic E-state index is -2.52. The summed E-state index contributed by atoms with van der Waals surface area (Å²) < 4.78 is 17.4. The average molecular weight is 246 g/mol. The lowest BCUT2D eigenvalue weighted by atomic mass is 10.3. The molecular formula is C12H26O3Si. The highest BCUT2D eigenvalue weighted by Gasteiger charge is 2.45. The Morgan fingerprint density at radius 3 is 1.69 bits per heavy atom. The van der Waals surface area contributed by atoms with Crippen LogP contribution in [0.4, 0.5) is 0 Å². The molecule has 0 aromatic carbocycles. The molecule has 0 radical (unpaired) electrons. The Hall–Kier alpha value is -0.163. The molecule has 0 aliphatic heterocycles. The monoisotopic (exact) mass is 246 g/mol. The van der Waals surface area contributed by atoms with Gasteiger partial charge in [0.25, 0.3) is 0 Å². The van der Waals surface area contributed by atoms with Crippen LogP contribution in [0.3, 0.4) is 0 Å². The third-order valence-electron chi connectivity index (χ3n) is 2.25. The molecule has 1 unspecified atom stereocenters. The maximum Gasteiger partial charge on any atom is 0.507 e. The van der Waals surface area contributed by atoms with Crippen molar-refractivity contribution in [1.29, 1.82) is 0 Å². The van der Waals surface area contributed by atoms with Crippen molar-refractivity contribution >= 4 is 8.80 Å². The summed E-state index contributed by atoms with van der Waals surface area (Å²) in [4.78, 5) is 0. The quantitative estimate of drug-likeness (QED) is 0.461. The fraction of sp³-hybridized carbons (Fsp3) is 0.833. The molecule has 96 valence electrons. The second kappa shape index (κ2) is 8.93. The van der Waals surface area contributed by atoms with E-state index in [1.807, 2.05) is 20.8 Å². The summed E-state index contributed by atoms with van der Waals surface area (Å²) in [5, 5.41) is 0. The van der Waals surface area contributed by atoms with Gasteiger partial charge in [-0.1, -0.05) is 26.0 Å². The van der Waals surface area contributed by atoms with Gasteiger partial charge in [0.05, 0.1) is 0 Å². The molecule has 3 nitrogen and oxygen atoms in total. The molecule has 4 heteroatoms. The Morgan fingerprint density at radius 2 is 1.38 bits per heavy atom. The van der Waals surface area contributed by atoms with Crippen molar-refractivity contribution in [2.75, 3.05) is 19.8 Å². The Labute approximate surface area is 101 Å². The number of allylic oxidation sites excluding steroid dienone is 2. The summed E-state index contributed by atoms with van der Waals surface area (Å²) >= 11 is 0. The van der Waals surface area contributed by atoms with Gasteiger partial charge in [-0.3, -0.25) is 0 Å². The van der Waals surface area contributed by atoms with Crippen LogP contribution in [0.1, 0.15) is 41.0 Å². The van der Waals surface area contributed by atoms with E-state index in [-0.39, 0.29) is 5.54 Å². The third kappa shape index (κ3) is 4.78. The lowest BCUT2D eigenvalue weighted by Gasteiger charge is -2.32. The Kier molecular flexibility index (Phi) is 8.84. The van der Waals surface area contributed by atoms with Crippen LogP contribution in [0.15, 0.2) is 12.2 Å². The van der Waals surface area contributed by atoms with Crippen LogP contribution in [-0.4, -0.2) is 28.6 Å². The van der Waals surface area contributed by atoms with Gasteiger partial charge in [0.2, 0.25) is 0 Å². The van der Waals surface area contributed by atoms with E-state index in [1.54, 1.807) is 0 Å². The van der Waals surface area contributed by atoms with Gasteiger partial charge in [0.1, 0.15) is 0 Å². The summed E-state index contributed by atoms with van der Waals surface area (Å²) in [5.74, 6) is 0. The van der Waals surface area contributed by atoms with Crippen LogP contribution in [0.25, 0.3) is 0 Å². The number of hydrogen-bond acceptors (Lipinski definition) is 3. The zero-order valence-electron chi connectivity index (χ0n) is 11.3. The van der Waals surface area contributed by atoms with Crippen molar-refractivity contribution in [2.45, 2.75) is 46.6 Å². The highest BCUT2D eigenvalue weighted by atomic mass is 28.4. The Balaban J connectivity index is 4.74. The van der Waals surface area contributed by atoms with E-state index in [0.29, 0.717) is 19.8 Å². The Morgan fingerprint density at radius 1 is 0.938 bits per heavy atom. The van der Waals surface area contributed by atoms with Crippen molar-refractivity contribution in [2.24, 2.45) is 0 Å². The predicted octanol–water partition coefficient (Wildman–Crippen LogP) is 3.39. The minimum absolute atomic E-state index is 0.215. The number of hydrogen-bond donors (Lipinski definition) is 0. The first-order valence-corrected chi connectivity index (χ1v) is 8.05. The Bertz CT molecular complexity index is 178.